The summed E-state index contributed by atoms with van der Waals surface area (Å²) in [5.41, 5.74) is 3.65. The summed E-state index contributed by atoms with van der Waals surface area (Å²) >= 11 is 0. The van der Waals surface area contributed by atoms with E-state index in [1.807, 2.05) is 36.9 Å². The number of aromatic amines is 2. The fraction of sp³-hybridized carbons (Fsp3) is 0.316. The van der Waals surface area contributed by atoms with Gasteiger partial charge in [-0.15, -0.1) is 0 Å². The van der Waals surface area contributed by atoms with Crippen molar-refractivity contribution in [1.82, 2.24) is 15.0 Å². The SMILES string of the molecule is Cc1[nH]c2ccc(NC(=O)c3cc(=O)[nH]c(N4CCOCC4)n3)cc2c1C. The highest BCUT2D eigenvalue weighted by Gasteiger charge is 2.17. The zero-order valence-corrected chi connectivity index (χ0v) is 15.3. The Morgan fingerprint density at radius 1 is 1.19 bits per heavy atom. The highest BCUT2D eigenvalue weighted by molar-refractivity contribution is 6.04. The number of ether oxygens (including phenoxy) is 1. The van der Waals surface area contributed by atoms with Gasteiger partial charge in [0.1, 0.15) is 5.69 Å². The Hall–Kier alpha value is -3.13. The van der Waals surface area contributed by atoms with Crippen molar-refractivity contribution in [2.75, 3.05) is 36.5 Å². The first-order valence-corrected chi connectivity index (χ1v) is 8.85. The molecule has 0 atom stereocenters. The minimum atomic E-state index is -0.417. The second-order valence-corrected chi connectivity index (χ2v) is 6.64. The molecular formula is C19H21N5O3. The number of anilines is 2. The van der Waals surface area contributed by atoms with Crippen LogP contribution in [-0.2, 0) is 4.74 Å². The molecule has 0 aliphatic carbocycles. The van der Waals surface area contributed by atoms with Gasteiger partial charge in [-0.25, -0.2) is 4.98 Å². The summed E-state index contributed by atoms with van der Waals surface area (Å²) in [5, 5.41) is 3.89. The number of hydrogen-bond acceptors (Lipinski definition) is 5. The van der Waals surface area contributed by atoms with Crippen LogP contribution in [0.5, 0.6) is 0 Å². The topological polar surface area (TPSA) is 103 Å². The minimum absolute atomic E-state index is 0.0855. The lowest BCUT2D eigenvalue weighted by molar-refractivity contribution is 0.102. The van der Waals surface area contributed by atoms with Crippen LogP contribution in [-0.4, -0.2) is 47.2 Å². The first-order chi connectivity index (χ1) is 13.0. The Balaban J connectivity index is 1.60. The van der Waals surface area contributed by atoms with Gasteiger partial charge in [0.25, 0.3) is 11.5 Å². The second-order valence-electron chi connectivity index (χ2n) is 6.64. The van der Waals surface area contributed by atoms with E-state index >= 15 is 0 Å². The van der Waals surface area contributed by atoms with Gasteiger partial charge in [0, 0.05) is 41.4 Å². The molecule has 1 saturated heterocycles. The predicted molar refractivity (Wildman–Crippen MR) is 104 cm³/mol. The quantitative estimate of drug-likeness (QED) is 0.657. The van der Waals surface area contributed by atoms with E-state index in [1.54, 1.807) is 0 Å². The van der Waals surface area contributed by atoms with Crippen LogP contribution in [0.15, 0.2) is 29.1 Å². The number of aromatic nitrogens is 3. The van der Waals surface area contributed by atoms with E-state index in [-0.39, 0.29) is 11.3 Å². The third kappa shape index (κ3) is 3.43. The first-order valence-electron chi connectivity index (χ1n) is 8.85. The third-order valence-corrected chi connectivity index (χ3v) is 4.84. The molecule has 0 spiro atoms. The second kappa shape index (κ2) is 6.88. The summed E-state index contributed by atoms with van der Waals surface area (Å²) in [6.07, 6.45) is 0. The van der Waals surface area contributed by atoms with Gasteiger partial charge >= 0.3 is 0 Å². The normalized spacial score (nSPS) is 14.5. The maximum atomic E-state index is 12.7. The van der Waals surface area contributed by atoms with Crippen molar-refractivity contribution in [2.45, 2.75) is 13.8 Å². The predicted octanol–water partition coefficient (Wildman–Crippen LogP) is 1.96. The van der Waals surface area contributed by atoms with E-state index in [9.17, 15) is 9.59 Å². The van der Waals surface area contributed by atoms with Crippen molar-refractivity contribution in [3.05, 3.63) is 51.6 Å². The molecule has 27 heavy (non-hydrogen) atoms. The molecule has 1 fully saturated rings. The van der Waals surface area contributed by atoms with Gasteiger partial charge in [-0.3, -0.25) is 14.6 Å². The third-order valence-electron chi connectivity index (χ3n) is 4.84. The highest BCUT2D eigenvalue weighted by atomic mass is 16.5. The minimum Gasteiger partial charge on any atom is -0.378 e. The van der Waals surface area contributed by atoms with Gasteiger partial charge in [-0.05, 0) is 37.6 Å². The highest BCUT2D eigenvalue weighted by Crippen LogP contribution is 2.24. The lowest BCUT2D eigenvalue weighted by Gasteiger charge is -2.27. The van der Waals surface area contributed by atoms with E-state index in [2.05, 4.69) is 20.3 Å². The molecule has 140 valence electrons. The Labute approximate surface area is 155 Å². The monoisotopic (exact) mass is 367 g/mol. The molecule has 0 radical (unpaired) electrons. The van der Waals surface area contributed by atoms with Crippen LogP contribution >= 0.6 is 0 Å². The zero-order chi connectivity index (χ0) is 19.0. The zero-order valence-electron chi connectivity index (χ0n) is 15.3. The molecule has 1 aromatic carbocycles. The fourth-order valence-corrected chi connectivity index (χ4v) is 3.22. The first kappa shape index (κ1) is 17.3. The Kier molecular flexibility index (Phi) is 4.41. The molecule has 0 unspecified atom stereocenters. The van der Waals surface area contributed by atoms with E-state index in [0.29, 0.717) is 37.9 Å². The van der Waals surface area contributed by atoms with E-state index < -0.39 is 5.91 Å². The number of hydrogen-bond donors (Lipinski definition) is 3. The van der Waals surface area contributed by atoms with Crippen LogP contribution in [0, 0.1) is 13.8 Å². The van der Waals surface area contributed by atoms with Crippen molar-refractivity contribution in [3.63, 3.8) is 0 Å². The van der Waals surface area contributed by atoms with E-state index in [1.165, 1.54) is 6.07 Å². The maximum absolute atomic E-state index is 12.7. The Bertz CT molecular complexity index is 1060. The lowest BCUT2D eigenvalue weighted by atomic mass is 10.1. The van der Waals surface area contributed by atoms with E-state index in [4.69, 9.17) is 4.74 Å². The van der Waals surface area contributed by atoms with Gasteiger partial charge in [0.05, 0.1) is 13.2 Å². The van der Waals surface area contributed by atoms with Gasteiger partial charge < -0.3 is 19.9 Å². The van der Waals surface area contributed by atoms with Crippen LogP contribution < -0.4 is 15.8 Å². The smallest absolute Gasteiger partial charge is 0.274 e. The van der Waals surface area contributed by atoms with Gasteiger partial charge in [-0.1, -0.05) is 0 Å². The number of fused-ring (bicyclic) bond motifs is 1. The number of nitrogens with zero attached hydrogens (tertiary/aromatic N) is 2. The molecule has 3 aromatic rings. The number of nitrogens with one attached hydrogen (secondary N) is 3. The van der Waals surface area contributed by atoms with Crippen molar-refractivity contribution >= 4 is 28.4 Å². The molecule has 1 aliphatic rings. The molecule has 2 aromatic heterocycles. The lowest BCUT2D eigenvalue weighted by Crippen LogP contribution is -2.38. The average molecular weight is 367 g/mol. The summed E-state index contributed by atoms with van der Waals surface area (Å²) in [4.78, 5) is 36.9. The van der Waals surface area contributed by atoms with Gasteiger partial charge in [0.2, 0.25) is 5.95 Å². The maximum Gasteiger partial charge on any atom is 0.274 e. The Morgan fingerprint density at radius 2 is 1.96 bits per heavy atom. The molecule has 3 heterocycles. The molecule has 1 amide bonds. The molecular weight excluding hydrogens is 346 g/mol. The van der Waals surface area contributed by atoms with Gasteiger partial charge in [0.15, 0.2) is 0 Å². The molecule has 1 aliphatic heterocycles. The van der Waals surface area contributed by atoms with Crippen LogP contribution in [0.4, 0.5) is 11.6 Å². The van der Waals surface area contributed by atoms with Crippen molar-refractivity contribution in [2.24, 2.45) is 0 Å². The fourth-order valence-electron chi connectivity index (χ4n) is 3.22. The largest absolute Gasteiger partial charge is 0.378 e. The number of carbonyl (C=O) groups excluding carboxylic acids is 1. The summed E-state index contributed by atoms with van der Waals surface area (Å²) < 4.78 is 5.31. The number of aryl methyl sites for hydroxylation is 2. The Morgan fingerprint density at radius 3 is 2.74 bits per heavy atom. The number of rotatable bonds is 3. The summed E-state index contributed by atoms with van der Waals surface area (Å²) in [7, 11) is 0. The number of carbonyl (C=O) groups is 1. The summed E-state index contributed by atoms with van der Waals surface area (Å²) in [6.45, 7) is 6.42. The number of amides is 1. The van der Waals surface area contributed by atoms with Crippen LogP contribution in [0.25, 0.3) is 10.9 Å². The molecule has 3 N–H and O–H groups in total. The van der Waals surface area contributed by atoms with Crippen molar-refractivity contribution < 1.29 is 9.53 Å². The molecule has 0 saturated carbocycles. The molecule has 4 rings (SSSR count). The van der Waals surface area contributed by atoms with E-state index in [0.717, 1.165) is 22.2 Å². The standard InChI is InChI=1S/C19H21N5O3/c1-11-12(2)20-15-4-3-13(9-14(11)15)21-18(26)16-10-17(25)23-19(22-16)24-5-7-27-8-6-24/h3-4,9-10,20H,5-8H2,1-2H3,(H,21,26)(H,22,23,25). The van der Waals surface area contributed by atoms with Crippen molar-refractivity contribution in [1.29, 1.82) is 0 Å². The number of morpholine rings is 1. The number of benzene rings is 1. The van der Waals surface area contributed by atoms with Crippen molar-refractivity contribution in [3.8, 4) is 0 Å². The summed E-state index contributed by atoms with van der Waals surface area (Å²) in [5.74, 6) is -0.0247. The molecule has 0 bridgehead atoms. The summed E-state index contributed by atoms with van der Waals surface area (Å²) in [6, 6.07) is 6.88. The van der Waals surface area contributed by atoms with Crippen LogP contribution in [0.3, 0.4) is 0 Å². The van der Waals surface area contributed by atoms with Crippen LogP contribution in [0.1, 0.15) is 21.7 Å². The average Bonchev–Trinajstić information content (AvgIpc) is 2.96. The molecule has 8 nitrogen and oxygen atoms in total. The van der Waals surface area contributed by atoms with Gasteiger partial charge in [-0.2, -0.15) is 0 Å². The number of H-pyrrole nitrogens is 2. The molecule has 8 heteroatoms. The van der Waals surface area contributed by atoms with Crippen LogP contribution in [0.2, 0.25) is 0 Å².